The number of anilines is 1. The largest absolute Gasteiger partial charge is 0.493 e. The second-order valence-electron chi connectivity index (χ2n) is 6.61. The molecule has 2 aromatic carbocycles. The highest BCUT2D eigenvalue weighted by atomic mass is 35.5. The molecule has 0 heterocycles. The molecule has 2 rings (SSSR count). The highest BCUT2D eigenvalue weighted by Gasteiger charge is 2.12. The number of hydrogen-bond acceptors (Lipinski definition) is 4. The summed E-state index contributed by atoms with van der Waals surface area (Å²) >= 11 is 5.91. The Morgan fingerprint density at radius 1 is 1.10 bits per heavy atom. The lowest BCUT2D eigenvalue weighted by Crippen LogP contribution is -2.31. The molecule has 1 unspecified atom stereocenters. The number of carbonyl (C=O) groups excluding carboxylic acids is 1. The van der Waals surface area contributed by atoms with Crippen molar-refractivity contribution in [3.05, 3.63) is 53.1 Å². The molecule has 1 atom stereocenters. The van der Waals surface area contributed by atoms with Crippen LogP contribution in [0.25, 0.3) is 0 Å². The molecule has 0 aliphatic heterocycles. The molecule has 0 bridgehead atoms. The second kappa shape index (κ2) is 11.5. The van der Waals surface area contributed by atoms with Gasteiger partial charge in [-0.25, -0.2) is 4.79 Å². The summed E-state index contributed by atoms with van der Waals surface area (Å²) in [6.45, 7) is 9.48. The third-order valence-corrected chi connectivity index (χ3v) is 4.95. The zero-order chi connectivity index (χ0) is 21.2. The number of benzene rings is 2. The van der Waals surface area contributed by atoms with Gasteiger partial charge < -0.3 is 25.0 Å². The summed E-state index contributed by atoms with van der Waals surface area (Å²) < 4.78 is 11.3. The predicted octanol–water partition coefficient (Wildman–Crippen LogP) is 4.95. The first-order valence-corrected chi connectivity index (χ1v) is 10.2. The van der Waals surface area contributed by atoms with Crippen LogP contribution in [0.4, 0.5) is 10.5 Å². The van der Waals surface area contributed by atoms with Gasteiger partial charge in [-0.2, -0.15) is 0 Å². The fourth-order valence-electron chi connectivity index (χ4n) is 2.89. The minimum absolute atomic E-state index is 0.157. The van der Waals surface area contributed by atoms with Crippen molar-refractivity contribution in [3.8, 4) is 11.5 Å². The number of nitrogens with zero attached hydrogens (tertiary/aromatic N) is 1. The van der Waals surface area contributed by atoms with E-state index in [-0.39, 0.29) is 12.1 Å². The van der Waals surface area contributed by atoms with Gasteiger partial charge in [0.2, 0.25) is 0 Å². The lowest BCUT2D eigenvalue weighted by atomic mass is 10.1. The van der Waals surface area contributed by atoms with Crippen molar-refractivity contribution in [2.75, 3.05) is 38.7 Å². The molecule has 0 aliphatic rings. The van der Waals surface area contributed by atoms with Gasteiger partial charge in [0.1, 0.15) is 6.61 Å². The molecular weight excluding hydrogens is 390 g/mol. The molecule has 0 fully saturated rings. The van der Waals surface area contributed by atoms with Gasteiger partial charge in [0.15, 0.2) is 11.5 Å². The van der Waals surface area contributed by atoms with E-state index in [1.807, 2.05) is 19.1 Å². The summed E-state index contributed by atoms with van der Waals surface area (Å²) in [7, 11) is 1.60. The van der Waals surface area contributed by atoms with E-state index >= 15 is 0 Å². The molecule has 0 saturated carbocycles. The molecule has 29 heavy (non-hydrogen) atoms. The Hall–Kier alpha value is -2.44. The summed E-state index contributed by atoms with van der Waals surface area (Å²) in [4.78, 5) is 14.7. The van der Waals surface area contributed by atoms with Crippen molar-refractivity contribution in [1.82, 2.24) is 10.2 Å². The van der Waals surface area contributed by atoms with Gasteiger partial charge in [0, 0.05) is 23.3 Å². The average molecular weight is 420 g/mol. The average Bonchev–Trinajstić information content (AvgIpc) is 2.71. The van der Waals surface area contributed by atoms with E-state index in [0.717, 1.165) is 25.2 Å². The van der Waals surface area contributed by atoms with E-state index < -0.39 is 0 Å². The summed E-state index contributed by atoms with van der Waals surface area (Å²) in [5.41, 5.74) is 1.60. The molecule has 0 aromatic heterocycles. The van der Waals surface area contributed by atoms with Gasteiger partial charge in [0.25, 0.3) is 0 Å². The fourth-order valence-corrected chi connectivity index (χ4v) is 3.02. The van der Waals surface area contributed by atoms with Crippen LogP contribution in [0.2, 0.25) is 5.02 Å². The molecule has 0 radical (unpaired) electrons. The number of amides is 2. The van der Waals surface area contributed by atoms with Gasteiger partial charge in [-0.3, -0.25) is 0 Å². The number of urea groups is 1. The van der Waals surface area contributed by atoms with Gasteiger partial charge in [-0.15, -0.1) is 0 Å². The Morgan fingerprint density at radius 3 is 2.41 bits per heavy atom. The number of likely N-dealkylation sites (N-methyl/N-ethyl adjacent to an activating group) is 1. The van der Waals surface area contributed by atoms with E-state index in [0.29, 0.717) is 28.8 Å². The van der Waals surface area contributed by atoms with Crippen LogP contribution in [-0.2, 0) is 0 Å². The lowest BCUT2D eigenvalue weighted by molar-refractivity contribution is 0.217. The fraction of sp³-hybridized carbons (Fsp3) is 0.409. The van der Waals surface area contributed by atoms with Crippen molar-refractivity contribution in [2.24, 2.45) is 0 Å². The molecule has 7 heteroatoms. The van der Waals surface area contributed by atoms with Crippen LogP contribution in [0.5, 0.6) is 11.5 Å². The number of nitrogens with one attached hydrogen (secondary N) is 2. The van der Waals surface area contributed by atoms with Crippen LogP contribution in [0.3, 0.4) is 0 Å². The molecule has 2 amide bonds. The van der Waals surface area contributed by atoms with E-state index in [4.69, 9.17) is 21.1 Å². The molecule has 0 spiro atoms. The van der Waals surface area contributed by atoms with Crippen LogP contribution >= 0.6 is 11.6 Å². The van der Waals surface area contributed by atoms with Crippen LogP contribution in [0, 0.1) is 0 Å². The Balaban J connectivity index is 1.97. The molecule has 158 valence electrons. The normalized spacial score (nSPS) is 11.8. The van der Waals surface area contributed by atoms with E-state index in [9.17, 15) is 4.79 Å². The maximum atomic E-state index is 12.4. The lowest BCUT2D eigenvalue weighted by Gasteiger charge is -2.19. The zero-order valence-corrected chi connectivity index (χ0v) is 18.3. The Bertz CT molecular complexity index is 779. The van der Waals surface area contributed by atoms with E-state index in [1.165, 1.54) is 0 Å². The van der Waals surface area contributed by atoms with Gasteiger partial charge in [-0.05, 0) is 49.8 Å². The minimum atomic E-state index is -0.299. The first kappa shape index (κ1) is 22.8. The third kappa shape index (κ3) is 7.15. The molecular formula is C22H30ClN3O3. The van der Waals surface area contributed by atoms with Gasteiger partial charge in [-0.1, -0.05) is 37.6 Å². The number of methoxy groups -OCH3 is 1. The highest BCUT2D eigenvalue weighted by molar-refractivity contribution is 6.30. The van der Waals surface area contributed by atoms with E-state index in [2.05, 4.69) is 29.4 Å². The topological polar surface area (TPSA) is 62.8 Å². The Kier molecular flexibility index (Phi) is 9.09. The van der Waals surface area contributed by atoms with Gasteiger partial charge >= 0.3 is 6.03 Å². The molecule has 2 N–H and O–H groups in total. The van der Waals surface area contributed by atoms with Crippen LogP contribution in [0.15, 0.2) is 42.5 Å². The first-order valence-electron chi connectivity index (χ1n) is 9.83. The number of halogens is 1. The number of hydrogen-bond donors (Lipinski definition) is 2. The smallest absolute Gasteiger partial charge is 0.319 e. The Morgan fingerprint density at radius 2 is 1.79 bits per heavy atom. The van der Waals surface area contributed by atoms with Crippen molar-refractivity contribution >= 4 is 23.3 Å². The predicted molar refractivity (Wildman–Crippen MR) is 118 cm³/mol. The standard InChI is InChI=1S/C22H30ClN3O3/c1-5-26(6-2)13-14-29-21-15-19(11-12-20(21)28-4)25-22(27)24-16(3)17-7-9-18(23)10-8-17/h7-12,15-16H,5-6,13-14H2,1-4H3,(H2,24,25,27). The van der Waals surface area contributed by atoms with Crippen molar-refractivity contribution in [1.29, 1.82) is 0 Å². The number of rotatable bonds is 10. The number of carbonyl (C=O) groups is 1. The molecule has 0 aliphatic carbocycles. The highest BCUT2D eigenvalue weighted by Crippen LogP contribution is 2.30. The summed E-state index contributed by atoms with van der Waals surface area (Å²) in [5, 5.41) is 6.42. The Labute approximate surface area is 178 Å². The van der Waals surface area contributed by atoms with Crippen LogP contribution < -0.4 is 20.1 Å². The first-order chi connectivity index (χ1) is 14.0. The van der Waals surface area contributed by atoms with E-state index in [1.54, 1.807) is 37.4 Å². The molecule has 6 nitrogen and oxygen atoms in total. The van der Waals surface area contributed by atoms with Gasteiger partial charge in [0.05, 0.1) is 13.2 Å². The maximum Gasteiger partial charge on any atom is 0.319 e. The SMILES string of the molecule is CCN(CC)CCOc1cc(NC(=O)NC(C)c2ccc(Cl)cc2)ccc1OC. The van der Waals surface area contributed by atoms with Crippen molar-refractivity contribution < 1.29 is 14.3 Å². The molecule has 2 aromatic rings. The van der Waals surface area contributed by atoms with Crippen molar-refractivity contribution in [3.63, 3.8) is 0 Å². The maximum absolute atomic E-state index is 12.4. The summed E-state index contributed by atoms with van der Waals surface area (Å²) in [6, 6.07) is 12.3. The quantitative estimate of drug-likeness (QED) is 0.571. The minimum Gasteiger partial charge on any atom is -0.493 e. The monoisotopic (exact) mass is 419 g/mol. The van der Waals surface area contributed by atoms with Crippen LogP contribution in [-0.4, -0.2) is 44.3 Å². The molecule has 0 saturated heterocycles. The summed E-state index contributed by atoms with van der Waals surface area (Å²) in [6.07, 6.45) is 0. The second-order valence-corrected chi connectivity index (χ2v) is 7.05. The van der Waals surface area contributed by atoms with Crippen molar-refractivity contribution in [2.45, 2.75) is 26.8 Å². The van der Waals surface area contributed by atoms with Crippen LogP contribution in [0.1, 0.15) is 32.4 Å². The third-order valence-electron chi connectivity index (χ3n) is 4.70. The summed E-state index contributed by atoms with van der Waals surface area (Å²) in [5.74, 6) is 1.23. The zero-order valence-electron chi connectivity index (χ0n) is 17.5. The number of ether oxygens (including phenoxy) is 2.